The van der Waals surface area contributed by atoms with E-state index < -0.39 is 36.4 Å². The largest absolute Gasteiger partial charge is 0.490 e. The van der Waals surface area contributed by atoms with Crippen molar-refractivity contribution in [2.75, 3.05) is 24.5 Å². The predicted molar refractivity (Wildman–Crippen MR) is 129 cm³/mol. The average molecular weight is 650 g/mol. The van der Waals surface area contributed by atoms with E-state index in [-0.39, 0.29) is 11.3 Å². The van der Waals surface area contributed by atoms with Crippen LogP contribution in [0.3, 0.4) is 0 Å². The van der Waals surface area contributed by atoms with Crippen LogP contribution in [0.25, 0.3) is 0 Å². The van der Waals surface area contributed by atoms with Gasteiger partial charge in [-0.05, 0) is 36.7 Å². The van der Waals surface area contributed by atoms with E-state index in [0.29, 0.717) is 6.42 Å². The third-order valence-corrected chi connectivity index (χ3v) is 5.65. The molecule has 2 fully saturated rings. The molecule has 0 bridgehead atoms. The fraction of sp³-hybridized carbons (Fsp3) is 0.417. The third-order valence-electron chi connectivity index (χ3n) is 5.65. The molecule has 3 N–H and O–H groups in total. The Balaban J connectivity index is 0.000000379. The summed E-state index contributed by atoms with van der Waals surface area (Å²) in [6.07, 6.45) is -6.28. The van der Waals surface area contributed by atoms with Gasteiger partial charge in [0.1, 0.15) is 0 Å². The summed E-state index contributed by atoms with van der Waals surface area (Å²) in [6.45, 7) is 3.74. The van der Waals surface area contributed by atoms with Crippen molar-refractivity contribution in [1.82, 2.24) is 14.9 Å². The highest BCUT2D eigenvalue weighted by molar-refractivity contribution is 5.96. The van der Waals surface area contributed by atoms with Gasteiger partial charge in [0.05, 0.1) is 11.9 Å². The molecule has 1 unspecified atom stereocenters. The Hall–Kier alpha value is -4.49. The summed E-state index contributed by atoms with van der Waals surface area (Å²) in [7, 11) is 0. The number of halogens is 9. The van der Waals surface area contributed by atoms with Gasteiger partial charge in [0, 0.05) is 50.1 Å². The predicted octanol–water partition coefficient (Wildman–Crippen LogP) is 4.01. The Morgan fingerprint density at radius 3 is 1.61 bits per heavy atom. The topological polar surface area (TPSA) is 161 Å². The van der Waals surface area contributed by atoms with Gasteiger partial charge < -0.3 is 20.2 Å². The number of anilines is 1. The van der Waals surface area contributed by atoms with E-state index in [0.717, 1.165) is 38.3 Å². The number of alkyl halides is 9. The molecule has 44 heavy (non-hydrogen) atoms. The number of carbonyl (C=O) groups excluding carboxylic acids is 1. The minimum absolute atomic E-state index is 0.0924. The Bertz CT molecular complexity index is 1200. The zero-order chi connectivity index (χ0) is 33.9. The van der Waals surface area contributed by atoms with E-state index in [2.05, 4.69) is 20.9 Å². The molecule has 20 heteroatoms. The second-order valence-electron chi connectivity index (χ2n) is 9.10. The zero-order valence-corrected chi connectivity index (χ0v) is 22.0. The maximum atomic E-state index is 12.5. The fourth-order valence-electron chi connectivity index (χ4n) is 3.83. The summed E-state index contributed by atoms with van der Waals surface area (Å²) in [5.74, 6) is -8.05. The highest BCUT2D eigenvalue weighted by Crippen LogP contribution is 2.42. The molecule has 2 saturated heterocycles. The number of carboxylic acid groups (broad SMARTS) is 3. The summed E-state index contributed by atoms with van der Waals surface area (Å²) in [5, 5.41) is 21.4. The quantitative estimate of drug-likeness (QED) is 0.414. The number of nitrogens with zero attached hydrogens (tertiary/aromatic N) is 4. The van der Waals surface area contributed by atoms with Crippen molar-refractivity contribution < 1.29 is 74.0 Å². The minimum atomic E-state index is -5.08. The lowest BCUT2D eigenvalue weighted by atomic mass is 9.86. The summed E-state index contributed by atoms with van der Waals surface area (Å²) in [6, 6.07) is 7.94. The van der Waals surface area contributed by atoms with Gasteiger partial charge in [-0.15, -0.1) is 0 Å². The van der Waals surface area contributed by atoms with Gasteiger partial charge in [-0.3, -0.25) is 19.7 Å². The number of aromatic nitrogens is 2. The van der Waals surface area contributed by atoms with Crippen LogP contribution in [0, 0.1) is 5.41 Å². The summed E-state index contributed by atoms with van der Waals surface area (Å²) >= 11 is 0. The monoisotopic (exact) mass is 650 g/mol. The summed E-state index contributed by atoms with van der Waals surface area (Å²) < 4.78 is 95.2. The lowest BCUT2D eigenvalue weighted by Crippen LogP contribution is -2.31. The van der Waals surface area contributed by atoms with Crippen molar-refractivity contribution >= 4 is 29.5 Å². The molecule has 244 valence electrons. The Morgan fingerprint density at radius 1 is 0.773 bits per heavy atom. The van der Waals surface area contributed by atoms with E-state index in [1.807, 2.05) is 29.3 Å². The molecule has 2 aliphatic heterocycles. The fourth-order valence-corrected chi connectivity index (χ4v) is 3.83. The first-order valence-electron chi connectivity index (χ1n) is 11.8. The second-order valence-corrected chi connectivity index (χ2v) is 9.10. The summed E-state index contributed by atoms with van der Waals surface area (Å²) in [5.41, 5.74) is 2.24. The molecule has 1 atom stereocenters. The number of likely N-dealkylation sites (tertiary alicyclic amines) is 1. The van der Waals surface area contributed by atoms with Crippen LogP contribution in [-0.2, 0) is 25.7 Å². The van der Waals surface area contributed by atoms with E-state index in [1.165, 1.54) is 5.56 Å². The van der Waals surface area contributed by atoms with Crippen LogP contribution in [0.2, 0.25) is 0 Å². The molecule has 0 saturated carbocycles. The lowest BCUT2D eigenvalue weighted by Gasteiger charge is -2.24. The van der Waals surface area contributed by atoms with Crippen molar-refractivity contribution in [2.45, 2.75) is 37.9 Å². The molecule has 0 radical (unpaired) electrons. The standard InChI is InChI=1S/C18H20N4O.3C2HF3O2/c23-17-9-18(14-22(17)16-4-2-7-20-11-16)5-8-21(13-18)12-15-3-1-6-19-10-15;3*3-2(4,5)1(6)7/h1-4,6-7,10-11H,5,8-9,12-14H2;3*(H,6,7). The van der Waals surface area contributed by atoms with Gasteiger partial charge in [-0.25, -0.2) is 14.4 Å². The first-order valence-corrected chi connectivity index (χ1v) is 11.8. The molecule has 0 aromatic carbocycles. The second kappa shape index (κ2) is 15.3. The van der Waals surface area contributed by atoms with E-state index in [4.69, 9.17) is 29.7 Å². The van der Waals surface area contributed by atoms with Gasteiger partial charge in [-0.2, -0.15) is 39.5 Å². The van der Waals surface area contributed by atoms with Crippen molar-refractivity contribution in [3.05, 3.63) is 54.6 Å². The molecule has 11 nitrogen and oxygen atoms in total. The molecular weight excluding hydrogens is 627 g/mol. The molecule has 4 rings (SSSR count). The van der Waals surface area contributed by atoms with Gasteiger partial charge in [0.2, 0.25) is 5.91 Å². The molecule has 2 aliphatic rings. The zero-order valence-electron chi connectivity index (χ0n) is 22.0. The highest BCUT2D eigenvalue weighted by atomic mass is 19.4. The average Bonchev–Trinajstić information content (AvgIpc) is 3.45. The third kappa shape index (κ3) is 12.8. The maximum absolute atomic E-state index is 12.5. The number of carbonyl (C=O) groups is 4. The van der Waals surface area contributed by atoms with Crippen LogP contribution < -0.4 is 4.90 Å². The van der Waals surface area contributed by atoms with Crippen LogP contribution in [0.5, 0.6) is 0 Å². The molecule has 4 heterocycles. The number of rotatable bonds is 3. The summed E-state index contributed by atoms with van der Waals surface area (Å²) in [4.78, 5) is 51.8. The van der Waals surface area contributed by atoms with Crippen molar-refractivity contribution in [3.8, 4) is 0 Å². The molecule has 2 aromatic heterocycles. The minimum Gasteiger partial charge on any atom is -0.475 e. The SMILES string of the molecule is O=C(O)C(F)(F)F.O=C(O)C(F)(F)F.O=C(O)C(F)(F)F.O=C1CC2(CCN(Cc3cccnc3)C2)CN1c1cccnc1. The first kappa shape index (κ1) is 37.5. The van der Waals surface area contributed by atoms with Gasteiger partial charge in [0.25, 0.3) is 0 Å². The van der Waals surface area contributed by atoms with Gasteiger partial charge in [-0.1, -0.05) is 6.07 Å². The van der Waals surface area contributed by atoms with Crippen LogP contribution in [0.4, 0.5) is 45.2 Å². The van der Waals surface area contributed by atoms with Crippen molar-refractivity contribution in [2.24, 2.45) is 5.41 Å². The van der Waals surface area contributed by atoms with E-state index >= 15 is 0 Å². The highest BCUT2D eigenvalue weighted by Gasteiger charge is 2.47. The molecule has 0 aliphatic carbocycles. The molecule has 1 amide bonds. The Labute approximate surface area is 241 Å². The Morgan fingerprint density at radius 2 is 1.23 bits per heavy atom. The van der Waals surface area contributed by atoms with Gasteiger partial charge in [0.15, 0.2) is 0 Å². The van der Waals surface area contributed by atoms with Crippen LogP contribution in [-0.4, -0.2) is 92.2 Å². The number of hydrogen-bond acceptors (Lipinski definition) is 7. The molecular formula is C24H23F9N4O7. The molecule has 1 spiro atoms. The number of aliphatic carboxylic acids is 3. The smallest absolute Gasteiger partial charge is 0.475 e. The van der Waals surface area contributed by atoms with Gasteiger partial charge >= 0.3 is 36.4 Å². The first-order chi connectivity index (χ1) is 20.1. The Kier molecular flexibility index (Phi) is 13.1. The van der Waals surface area contributed by atoms with Crippen molar-refractivity contribution in [1.29, 1.82) is 0 Å². The maximum Gasteiger partial charge on any atom is 0.490 e. The molecule has 2 aromatic rings. The number of pyridine rings is 2. The van der Waals surface area contributed by atoms with Crippen LogP contribution in [0.1, 0.15) is 18.4 Å². The number of amides is 1. The van der Waals surface area contributed by atoms with Crippen LogP contribution >= 0.6 is 0 Å². The van der Waals surface area contributed by atoms with E-state index in [9.17, 15) is 44.3 Å². The number of hydrogen-bond donors (Lipinski definition) is 3. The normalized spacial score (nSPS) is 18.3. The van der Waals surface area contributed by atoms with Crippen LogP contribution in [0.15, 0.2) is 49.1 Å². The van der Waals surface area contributed by atoms with Crippen molar-refractivity contribution in [3.63, 3.8) is 0 Å². The number of carboxylic acids is 3. The van der Waals surface area contributed by atoms with E-state index in [1.54, 1.807) is 18.6 Å². The lowest BCUT2D eigenvalue weighted by molar-refractivity contribution is -0.193.